The highest BCUT2D eigenvalue weighted by molar-refractivity contribution is 6.31. The number of furan rings is 1. The Kier molecular flexibility index (Phi) is 4.46. The summed E-state index contributed by atoms with van der Waals surface area (Å²) in [6.45, 7) is 0. The van der Waals surface area contributed by atoms with E-state index in [4.69, 9.17) is 27.6 Å². The molecule has 0 aromatic carbocycles. The Morgan fingerprint density at radius 1 is 1.35 bits per heavy atom. The van der Waals surface area contributed by atoms with Gasteiger partial charge in [0.1, 0.15) is 5.76 Å². The standard InChI is InChI=1S/C13H13Cl2NO/c14-11(3-4-12-2-1-7-17-12)8-10-5-6-16-9-13(10)15/h1-2,5-7,9,11H,3-4,8H2. The van der Waals surface area contributed by atoms with Crippen molar-refractivity contribution in [3.8, 4) is 0 Å². The maximum absolute atomic E-state index is 6.28. The summed E-state index contributed by atoms with van der Waals surface area (Å²) in [7, 11) is 0. The summed E-state index contributed by atoms with van der Waals surface area (Å²) < 4.78 is 5.26. The normalized spacial score (nSPS) is 12.6. The first-order chi connectivity index (χ1) is 8.25. The Balaban J connectivity index is 1.85. The Bertz CT molecular complexity index is 456. The summed E-state index contributed by atoms with van der Waals surface area (Å²) in [6.07, 6.45) is 7.53. The zero-order chi connectivity index (χ0) is 12.1. The zero-order valence-electron chi connectivity index (χ0n) is 9.27. The highest BCUT2D eigenvalue weighted by Gasteiger charge is 2.09. The van der Waals surface area contributed by atoms with Crippen LogP contribution in [0.1, 0.15) is 17.7 Å². The lowest BCUT2D eigenvalue weighted by Crippen LogP contribution is -2.05. The van der Waals surface area contributed by atoms with E-state index in [0.717, 1.165) is 30.6 Å². The summed E-state index contributed by atoms with van der Waals surface area (Å²) in [5, 5.41) is 0.733. The van der Waals surface area contributed by atoms with E-state index in [1.165, 1.54) is 0 Å². The molecule has 1 atom stereocenters. The number of alkyl halides is 1. The van der Waals surface area contributed by atoms with Crippen molar-refractivity contribution in [2.24, 2.45) is 0 Å². The van der Waals surface area contributed by atoms with Crippen molar-refractivity contribution in [2.75, 3.05) is 0 Å². The van der Waals surface area contributed by atoms with Crippen LogP contribution in [0.5, 0.6) is 0 Å². The fraction of sp³-hybridized carbons (Fsp3) is 0.308. The Morgan fingerprint density at radius 3 is 2.94 bits per heavy atom. The van der Waals surface area contributed by atoms with Crippen LogP contribution < -0.4 is 0 Å². The van der Waals surface area contributed by atoms with Gasteiger partial charge in [-0.05, 0) is 36.6 Å². The molecule has 4 heteroatoms. The van der Waals surface area contributed by atoms with Gasteiger partial charge >= 0.3 is 0 Å². The summed E-state index contributed by atoms with van der Waals surface area (Å²) in [4.78, 5) is 3.95. The molecule has 90 valence electrons. The molecular weight excluding hydrogens is 257 g/mol. The molecule has 0 bridgehead atoms. The number of pyridine rings is 1. The van der Waals surface area contributed by atoms with E-state index in [1.54, 1.807) is 18.7 Å². The molecular formula is C13H13Cl2NO. The molecule has 17 heavy (non-hydrogen) atoms. The van der Waals surface area contributed by atoms with E-state index >= 15 is 0 Å². The van der Waals surface area contributed by atoms with Crippen molar-refractivity contribution in [1.82, 2.24) is 4.98 Å². The van der Waals surface area contributed by atoms with Crippen LogP contribution in [0, 0.1) is 0 Å². The largest absolute Gasteiger partial charge is 0.469 e. The molecule has 2 aromatic rings. The monoisotopic (exact) mass is 269 g/mol. The summed E-state index contributed by atoms with van der Waals surface area (Å²) in [6, 6.07) is 5.76. The molecule has 2 heterocycles. The minimum absolute atomic E-state index is 0.0556. The molecule has 2 aromatic heterocycles. The molecule has 0 amide bonds. The average molecular weight is 270 g/mol. The third-order valence-electron chi connectivity index (χ3n) is 2.58. The predicted octanol–water partition coefficient (Wildman–Crippen LogP) is 4.11. The second-order valence-electron chi connectivity index (χ2n) is 3.89. The number of rotatable bonds is 5. The topological polar surface area (TPSA) is 26.0 Å². The Morgan fingerprint density at radius 2 is 2.24 bits per heavy atom. The molecule has 0 aliphatic heterocycles. The van der Waals surface area contributed by atoms with Crippen molar-refractivity contribution < 1.29 is 4.42 Å². The second-order valence-corrected chi connectivity index (χ2v) is 4.91. The van der Waals surface area contributed by atoms with Crippen LogP contribution in [0.4, 0.5) is 0 Å². The predicted molar refractivity (Wildman–Crippen MR) is 69.6 cm³/mol. The Labute approximate surface area is 111 Å². The highest BCUT2D eigenvalue weighted by atomic mass is 35.5. The van der Waals surface area contributed by atoms with Gasteiger partial charge in [0.2, 0.25) is 0 Å². The van der Waals surface area contributed by atoms with Gasteiger partial charge in [0.05, 0.1) is 11.3 Å². The van der Waals surface area contributed by atoms with Crippen LogP contribution >= 0.6 is 23.2 Å². The molecule has 0 saturated heterocycles. The van der Waals surface area contributed by atoms with E-state index in [1.807, 2.05) is 18.2 Å². The van der Waals surface area contributed by atoms with E-state index in [-0.39, 0.29) is 5.38 Å². The second kappa shape index (κ2) is 6.08. The van der Waals surface area contributed by atoms with Gasteiger partial charge in [0, 0.05) is 24.2 Å². The lowest BCUT2D eigenvalue weighted by atomic mass is 10.1. The van der Waals surface area contributed by atoms with Gasteiger partial charge < -0.3 is 4.42 Å². The van der Waals surface area contributed by atoms with Crippen molar-refractivity contribution in [3.05, 3.63) is 53.2 Å². The highest BCUT2D eigenvalue weighted by Crippen LogP contribution is 2.20. The zero-order valence-corrected chi connectivity index (χ0v) is 10.8. The van der Waals surface area contributed by atoms with Crippen LogP contribution in [0.15, 0.2) is 41.3 Å². The first-order valence-corrected chi connectivity index (χ1v) is 6.32. The lowest BCUT2D eigenvalue weighted by molar-refractivity contribution is 0.499. The molecule has 0 saturated carbocycles. The first kappa shape index (κ1) is 12.5. The molecule has 0 spiro atoms. The van der Waals surface area contributed by atoms with Crippen LogP contribution in [0.2, 0.25) is 5.02 Å². The minimum atomic E-state index is 0.0556. The SMILES string of the molecule is Clc1cnccc1CC(Cl)CCc1ccco1. The summed E-state index contributed by atoms with van der Waals surface area (Å²) in [5.74, 6) is 0.969. The molecule has 1 unspecified atom stereocenters. The fourth-order valence-corrected chi connectivity index (χ4v) is 2.14. The quantitative estimate of drug-likeness (QED) is 0.764. The van der Waals surface area contributed by atoms with Gasteiger partial charge in [-0.25, -0.2) is 0 Å². The average Bonchev–Trinajstić information content (AvgIpc) is 2.82. The molecule has 2 nitrogen and oxygen atoms in total. The van der Waals surface area contributed by atoms with Gasteiger partial charge in [-0.3, -0.25) is 4.98 Å². The van der Waals surface area contributed by atoms with E-state index in [9.17, 15) is 0 Å². The van der Waals surface area contributed by atoms with Crippen LogP contribution in [0.3, 0.4) is 0 Å². The molecule has 0 radical (unpaired) electrons. The third-order valence-corrected chi connectivity index (χ3v) is 3.29. The van der Waals surface area contributed by atoms with Crippen molar-refractivity contribution in [1.29, 1.82) is 0 Å². The molecule has 0 fully saturated rings. The van der Waals surface area contributed by atoms with Crippen molar-refractivity contribution in [2.45, 2.75) is 24.6 Å². The van der Waals surface area contributed by atoms with Crippen molar-refractivity contribution in [3.63, 3.8) is 0 Å². The molecule has 0 aliphatic rings. The maximum Gasteiger partial charge on any atom is 0.103 e. The van der Waals surface area contributed by atoms with Crippen molar-refractivity contribution >= 4 is 23.2 Å². The van der Waals surface area contributed by atoms with E-state index in [2.05, 4.69) is 4.98 Å². The number of halogens is 2. The fourth-order valence-electron chi connectivity index (χ4n) is 1.66. The van der Waals surface area contributed by atoms with Gasteiger partial charge in [-0.15, -0.1) is 11.6 Å². The number of aryl methyl sites for hydroxylation is 1. The molecule has 2 rings (SSSR count). The molecule has 0 N–H and O–H groups in total. The lowest BCUT2D eigenvalue weighted by Gasteiger charge is -2.09. The van der Waals surface area contributed by atoms with Crippen LogP contribution in [-0.4, -0.2) is 10.4 Å². The van der Waals surface area contributed by atoms with E-state index in [0.29, 0.717) is 5.02 Å². The maximum atomic E-state index is 6.28. The van der Waals surface area contributed by atoms with Gasteiger partial charge in [-0.2, -0.15) is 0 Å². The smallest absolute Gasteiger partial charge is 0.103 e. The van der Waals surface area contributed by atoms with Gasteiger partial charge in [0.15, 0.2) is 0 Å². The Hall–Kier alpha value is -0.990. The number of aromatic nitrogens is 1. The van der Waals surface area contributed by atoms with Gasteiger partial charge in [0.25, 0.3) is 0 Å². The summed E-state index contributed by atoms with van der Waals surface area (Å²) >= 11 is 12.3. The first-order valence-electron chi connectivity index (χ1n) is 5.50. The van der Waals surface area contributed by atoms with Crippen LogP contribution in [-0.2, 0) is 12.8 Å². The number of hydrogen-bond donors (Lipinski definition) is 0. The minimum Gasteiger partial charge on any atom is -0.469 e. The van der Waals surface area contributed by atoms with Gasteiger partial charge in [-0.1, -0.05) is 11.6 Å². The third kappa shape index (κ3) is 3.76. The number of nitrogens with zero attached hydrogens (tertiary/aromatic N) is 1. The number of hydrogen-bond acceptors (Lipinski definition) is 2. The molecule has 0 aliphatic carbocycles. The van der Waals surface area contributed by atoms with E-state index < -0.39 is 0 Å². The van der Waals surface area contributed by atoms with Crippen LogP contribution in [0.25, 0.3) is 0 Å². The summed E-state index contributed by atoms with van der Waals surface area (Å²) in [5.41, 5.74) is 1.04.